The van der Waals surface area contributed by atoms with Gasteiger partial charge in [-0.15, -0.1) is 0 Å². The number of fused-ring (bicyclic) bond motifs is 4. The maximum atomic E-state index is 13.6. The molecule has 19 heavy (non-hydrogen) atoms. The van der Waals surface area contributed by atoms with Crippen molar-refractivity contribution in [2.45, 2.75) is 38.5 Å². The van der Waals surface area contributed by atoms with Gasteiger partial charge in [-0.25, -0.2) is 4.39 Å². The van der Waals surface area contributed by atoms with Crippen LogP contribution < -0.4 is 0 Å². The van der Waals surface area contributed by atoms with Crippen molar-refractivity contribution in [1.82, 2.24) is 0 Å². The smallest absolute Gasteiger partial charge is 0.123 e. The van der Waals surface area contributed by atoms with Gasteiger partial charge in [-0.05, 0) is 72.9 Å². The van der Waals surface area contributed by atoms with Gasteiger partial charge in [-0.2, -0.15) is 0 Å². The standard InChI is InChI=1S/C18H19F/c19-18-12-16-8-2-6-14-4-1-5-15(10-14)7-3-9-17(11-16)13-18/h1,4-5,10-13H,2-3,6-9H2. The first-order valence-corrected chi connectivity index (χ1v) is 7.16. The Labute approximate surface area is 114 Å². The number of hydrogen-bond donors (Lipinski definition) is 0. The van der Waals surface area contributed by atoms with E-state index < -0.39 is 0 Å². The van der Waals surface area contributed by atoms with E-state index in [-0.39, 0.29) is 5.82 Å². The van der Waals surface area contributed by atoms with E-state index in [0.717, 1.165) is 49.7 Å². The van der Waals surface area contributed by atoms with Gasteiger partial charge in [-0.3, -0.25) is 0 Å². The Morgan fingerprint density at radius 3 is 1.68 bits per heavy atom. The Morgan fingerprint density at radius 1 is 0.632 bits per heavy atom. The zero-order valence-corrected chi connectivity index (χ0v) is 11.2. The van der Waals surface area contributed by atoms with Crippen LogP contribution in [-0.2, 0) is 25.7 Å². The van der Waals surface area contributed by atoms with Crippen molar-refractivity contribution in [3.8, 4) is 0 Å². The molecule has 2 aromatic carbocycles. The molecule has 3 rings (SSSR count). The van der Waals surface area contributed by atoms with Gasteiger partial charge < -0.3 is 0 Å². The van der Waals surface area contributed by atoms with Gasteiger partial charge in [0.1, 0.15) is 5.82 Å². The molecule has 0 aromatic heterocycles. The van der Waals surface area contributed by atoms with Crippen molar-refractivity contribution >= 4 is 0 Å². The molecule has 0 unspecified atom stereocenters. The maximum absolute atomic E-state index is 13.6. The van der Waals surface area contributed by atoms with Crippen molar-refractivity contribution in [2.24, 2.45) is 0 Å². The normalized spacial score (nSPS) is 15.4. The molecule has 0 amide bonds. The zero-order chi connectivity index (χ0) is 13.1. The summed E-state index contributed by atoms with van der Waals surface area (Å²) >= 11 is 0. The third kappa shape index (κ3) is 3.23. The van der Waals surface area contributed by atoms with Crippen molar-refractivity contribution in [2.75, 3.05) is 0 Å². The fourth-order valence-electron chi connectivity index (χ4n) is 2.94. The van der Waals surface area contributed by atoms with Crippen molar-refractivity contribution in [3.05, 3.63) is 70.5 Å². The highest BCUT2D eigenvalue weighted by atomic mass is 19.1. The van der Waals surface area contributed by atoms with Crippen LogP contribution >= 0.6 is 0 Å². The van der Waals surface area contributed by atoms with Crippen molar-refractivity contribution in [3.63, 3.8) is 0 Å². The summed E-state index contributed by atoms with van der Waals surface area (Å²) in [5.74, 6) is -0.0805. The maximum Gasteiger partial charge on any atom is 0.123 e. The molecule has 0 fully saturated rings. The first-order valence-electron chi connectivity index (χ1n) is 7.16. The number of hydrogen-bond acceptors (Lipinski definition) is 0. The monoisotopic (exact) mass is 254 g/mol. The summed E-state index contributed by atoms with van der Waals surface area (Å²) < 4.78 is 13.6. The molecule has 1 aliphatic carbocycles. The molecule has 2 aromatic rings. The van der Waals surface area contributed by atoms with Gasteiger partial charge >= 0.3 is 0 Å². The summed E-state index contributed by atoms with van der Waals surface area (Å²) in [4.78, 5) is 0. The minimum absolute atomic E-state index is 0.0805. The van der Waals surface area contributed by atoms with Gasteiger partial charge in [0, 0.05) is 0 Å². The molecule has 0 heterocycles. The van der Waals surface area contributed by atoms with Gasteiger partial charge in [0.05, 0.1) is 0 Å². The fraction of sp³-hybridized carbons (Fsp3) is 0.333. The van der Waals surface area contributed by atoms with E-state index in [2.05, 4.69) is 30.3 Å². The molecule has 0 atom stereocenters. The second-order valence-electron chi connectivity index (χ2n) is 5.49. The first kappa shape index (κ1) is 12.4. The van der Waals surface area contributed by atoms with E-state index in [1.165, 1.54) is 11.1 Å². The second-order valence-corrected chi connectivity index (χ2v) is 5.49. The summed E-state index contributed by atoms with van der Waals surface area (Å²) in [6, 6.07) is 14.4. The lowest BCUT2D eigenvalue weighted by atomic mass is 9.96. The first-order chi connectivity index (χ1) is 9.29. The van der Waals surface area contributed by atoms with Crippen molar-refractivity contribution in [1.29, 1.82) is 0 Å². The average molecular weight is 254 g/mol. The average Bonchev–Trinajstić information content (AvgIpc) is 2.38. The molecule has 1 aliphatic rings. The number of benzene rings is 2. The highest BCUT2D eigenvalue weighted by Crippen LogP contribution is 2.18. The Morgan fingerprint density at radius 2 is 1.11 bits per heavy atom. The lowest BCUT2D eigenvalue weighted by Crippen LogP contribution is -1.98. The summed E-state index contributed by atoms with van der Waals surface area (Å²) in [6.45, 7) is 0. The summed E-state index contributed by atoms with van der Waals surface area (Å²) in [5, 5.41) is 0. The molecule has 1 heteroatoms. The van der Waals surface area contributed by atoms with Crippen molar-refractivity contribution < 1.29 is 4.39 Å². The number of aryl methyl sites for hydroxylation is 4. The Balaban J connectivity index is 1.86. The van der Waals surface area contributed by atoms with E-state index in [4.69, 9.17) is 0 Å². The van der Waals surface area contributed by atoms with E-state index >= 15 is 0 Å². The molecule has 0 aliphatic heterocycles. The topological polar surface area (TPSA) is 0 Å². The SMILES string of the molecule is Fc1cc2cc(c1)CCCc1cccc(c1)CCC2. The van der Waals surface area contributed by atoms with Crippen LogP contribution in [0.25, 0.3) is 0 Å². The molecule has 0 N–H and O–H groups in total. The Hall–Kier alpha value is -1.63. The lowest BCUT2D eigenvalue weighted by molar-refractivity contribution is 0.620. The van der Waals surface area contributed by atoms with E-state index in [9.17, 15) is 4.39 Å². The summed E-state index contributed by atoms with van der Waals surface area (Å²) in [6.07, 6.45) is 6.28. The van der Waals surface area contributed by atoms with Crippen LogP contribution in [0.1, 0.15) is 35.1 Å². The summed E-state index contributed by atoms with van der Waals surface area (Å²) in [5.41, 5.74) is 5.11. The third-order valence-electron chi connectivity index (χ3n) is 3.87. The molecule has 4 bridgehead atoms. The molecule has 98 valence electrons. The molecule has 0 saturated heterocycles. The highest BCUT2D eigenvalue weighted by molar-refractivity contribution is 5.27. The minimum Gasteiger partial charge on any atom is -0.207 e. The lowest BCUT2D eigenvalue weighted by Gasteiger charge is -2.10. The highest BCUT2D eigenvalue weighted by Gasteiger charge is 2.05. The van der Waals surface area contributed by atoms with Crippen LogP contribution in [0.15, 0.2) is 42.5 Å². The zero-order valence-electron chi connectivity index (χ0n) is 11.2. The van der Waals surface area contributed by atoms with Gasteiger partial charge in [0.25, 0.3) is 0 Å². The number of rotatable bonds is 0. The molecular formula is C18H19F. The summed E-state index contributed by atoms with van der Waals surface area (Å²) in [7, 11) is 0. The van der Waals surface area contributed by atoms with Gasteiger partial charge in [0.15, 0.2) is 0 Å². The van der Waals surface area contributed by atoms with Crippen LogP contribution in [0.2, 0.25) is 0 Å². The minimum atomic E-state index is -0.0805. The Bertz CT molecular complexity index is 528. The van der Waals surface area contributed by atoms with E-state index in [1.54, 1.807) is 12.1 Å². The van der Waals surface area contributed by atoms with Gasteiger partial charge in [0.2, 0.25) is 0 Å². The predicted molar refractivity (Wildman–Crippen MR) is 76.9 cm³/mol. The quantitative estimate of drug-likeness (QED) is 0.650. The number of halogens is 1. The molecule has 0 saturated carbocycles. The van der Waals surface area contributed by atoms with Crippen LogP contribution in [0.4, 0.5) is 4.39 Å². The molecule has 0 nitrogen and oxygen atoms in total. The molecule has 0 spiro atoms. The second kappa shape index (κ2) is 5.56. The third-order valence-corrected chi connectivity index (χ3v) is 3.87. The molecule has 0 radical (unpaired) electrons. The molecular weight excluding hydrogens is 235 g/mol. The van der Waals surface area contributed by atoms with Crippen LogP contribution in [0.5, 0.6) is 0 Å². The predicted octanol–water partition coefficient (Wildman–Crippen LogP) is 4.49. The van der Waals surface area contributed by atoms with Crippen LogP contribution in [0.3, 0.4) is 0 Å². The Kier molecular flexibility index (Phi) is 3.63. The van der Waals surface area contributed by atoms with Crippen LogP contribution in [0, 0.1) is 5.82 Å². The van der Waals surface area contributed by atoms with E-state index in [0.29, 0.717) is 0 Å². The fourth-order valence-corrected chi connectivity index (χ4v) is 2.94. The largest absolute Gasteiger partial charge is 0.207 e. The van der Waals surface area contributed by atoms with Gasteiger partial charge in [-0.1, -0.05) is 30.3 Å². The van der Waals surface area contributed by atoms with E-state index in [1.807, 2.05) is 0 Å². The van der Waals surface area contributed by atoms with Crippen LogP contribution in [-0.4, -0.2) is 0 Å².